The molecule has 1 aliphatic rings. The van der Waals surface area contributed by atoms with E-state index < -0.39 is 0 Å². The third-order valence-electron chi connectivity index (χ3n) is 2.69. The predicted molar refractivity (Wildman–Crippen MR) is 67.6 cm³/mol. The molecule has 84 valence electrons. The molecule has 1 aromatic rings. The number of ether oxygens (including phenoxy) is 1. The van der Waals surface area contributed by atoms with E-state index in [4.69, 9.17) is 10.5 Å². The van der Waals surface area contributed by atoms with Gasteiger partial charge in [-0.15, -0.1) is 12.4 Å². The van der Waals surface area contributed by atoms with E-state index in [9.17, 15) is 0 Å². The molecule has 0 aliphatic heterocycles. The monoisotopic (exact) mass is 291 g/mol. The van der Waals surface area contributed by atoms with Crippen molar-refractivity contribution in [1.29, 1.82) is 0 Å². The maximum Gasteiger partial charge on any atom is 0.119 e. The molecule has 0 heterocycles. The number of benzene rings is 1. The van der Waals surface area contributed by atoms with Crippen molar-refractivity contribution in [3.8, 4) is 5.75 Å². The van der Waals surface area contributed by atoms with Gasteiger partial charge in [-0.2, -0.15) is 0 Å². The van der Waals surface area contributed by atoms with Gasteiger partial charge >= 0.3 is 0 Å². The molecule has 0 amide bonds. The van der Waals surface area contributed by atoms with Crippen LogP contribution in [-0.2, 0) is 0 Å². The molecule has 0 bridgehead atoms. The van der Waals surface area contributed by atoms with Crippen molar-refractivity contribution in [2.24, 2.45) is 11.7 Å². The zero-order chi connectivity index (χ0) is 10.1. The van der Waals surface area contributed by atoms with E-state index in [1.54, 1.807) is 7.11 Å². The van der Waals surface area contributed by atoms with Crippen molar-refractivity contribution in [3.63, 3.8) is 0 Å². The minimum Gasteiger partial charge on any atom is -0.497 e. The van der Waals surface area contributed by atoms with Gasteiger partial charge in [0.25, 0.3) is 0 Å². The van der Waals surface area contributed by atoms with Crippen LogP contribution in [0.25, 0.3) is 0 Å². The summed E-state index contributed by atoms with van der Waals surface area (Å²) >= 11 is 3.52. The second-order valence-electron chi connectivity index (χ2n) is 3.75. The third-order valence-corrected chi connectivity index (χ3v) is 3.41. The van der Waals surface area contributed by atoms with E-state index in [0.717, 1.165) is 15.8 Å². The van der Waals surface area contributed by atoms with E-state index in [-0.39, 0.29) is 18.4 Å². The smallest absolute Gasteiger partial charge is 0.119 e. The van der Waals surface area contributed by atoms with Crippen LogP contribution < -0.4 is 10.5 Å². The molecule has 4 heteroatoms. The standard InChI is InChI=1S/C11H14BrNO.ClH/c1-14-8-4-5-10(12)9(6-8)11(13)7-2-3-7;/h4-7,11H,2-3,13H2,1H3;1H/t11-;/m1./s1. The van der Waals surface area contributed by atoms with Crippen molar-refractivity contribution in [3.05, 3.63) is 28.2 Å². The van der Waals surface area contributed by atoms with Gasteiger partial charge in [-0.25, -0.2) is 0 Å². The van der Waals surface area contributed by atoms with Crippen molar-refractivity contribution >= 4 is 28.3 Å². The lowest BCUT2D eigenvalue weighted by molar-refractivity contribution is 0.413. The summed E-state index contributed by atoms with van der Waals surface area (Å²) in [6, 6.07) is 6.11. The fourth-order valence-corrected chi connectivity index (χ4v) is 2.12. The van der Waals surface area contributed by atoms with E-state index in [1.165, 1.54) is 12.8 Å². The minimum absolute atomic E-state index is 0. The summed E-state index contributed by atoms with van der Waals surface area (Å²) in [6.07, 6.45) is 2.51. The Hall–Kier alpha value is -0.250. The highest BCUT2D eigenvalue weighted by Gasteiger charge is 2.30. The first-order chi connectivity index (χ1) is 6.72. The molecule has 15 heavy (non-hydrogen) atoms. The SMILES string of the molecule is COc1ccc(Br)c([C@H](N)C2CC2)c1.Cl. The maximum atomic E-state index is 6.14. The molecular weight excluding hydrogens is 277 g/mol. The number of methoxy groups -OCH3 is 1. The Balaban J connectivity index is 0.00000112. The molecule has 1 aromatic carbocycles. The van der Waals surface area contributed by atoms with Crippen LogP contribution in [0.15, 0.2) is 22.7 Å². The van der Waals surface area contributed by atoms with Crippen molar-refractivity contribution in [2.75, 3.05) is 7.11 Å². The van der Waals surface area contributed by atoms with Gasteiger partial charge in [0, 0.05) is 10.5 Å². The zero-order valence-electron chi connectivity index (χ0n) is 8.57. The van der Waals surface area contributed by atoms with Crippen LogP contribution in [0.5, 0.6) is 5.75 Å². The van der Waals surface area contributed by atoms with Crippen molar-refractivity contribution < 1.29 is 4.74 Å². The molecule has 1 saturated carbocycles. The summed E-state index contributed by atoms with van der Waals surface area (Å²) < 4.78 is 6.26. The third kappa shape index (κ3) is 2.86. The Bertz CT molecular complexity index is 341. The number of halogens is 2. The van der Waals surface area contributed by atoms with Gasteiger partial charge in [-0.3, -0.25) is 0 Å². The van der Waals surface area contributed by atoms with Crippen LogP contribution in [0.2, 0.25) is 0 Å². The zero-order valence-corrected chi connectivity index (χ0v) is 11.0. The van der Waals surface area contributed by atoms with Crippen LogP contribution in [0.1, 0.15) is 24.4 Å². The second-order valence-corrected chi connectivity index (χ2v) is 4.60. The number of nitrogens with two attached hydrogens (primary N) is 1. The fraction of sp³-hybridized carbons (Fsp3) is 0.455. The van der Waals surface area contributed by atoms with Gasteiger partial charge in [-0.1, -0.05) is 15.9 Å². The summed E-state index contributed by atoms with van der Waals surface area (Å²) in [5.41, 5.74) is 7.30. The molecule has 1 atom stereocenters. The lowest BCUT2D eigenvalue weighted by atomic mass is 10.0. The molecule has 2 nitrogen and oxygen atoms in total. The first-order valence-electron chi connectivity index (χ1n) is 4.81. The fourth-order valence-electron chi connectivity index (χ4n) is 1.61. The van der Waals surface area contributed by atoms with E-state index in [1.807, 2.05) is 18.2 Å². The molecule has 2 N–H and O–H groups in total. The van der Waals surface area contributed by atoms with Gasteiger partial charge in [0.15, 0.2) is 0 Å². The Morgan fingerprint density at radius 3 is 2.67 bits per heavy atom. The first kappa shape index (κ1) is 12.8. The van der Waals surface area contributed by atoms with E-state index in [2.05, 4.69) is 15.9 Å². The highest BCUT2D eigenvalue weighted by Crippen LogP contribution is 2.42. The van der Waals surface area contributed by atoms with Crippen LogP contribution in [0, 0.1) is 5.92 Å². The Labute approximate surface area is 105 Å². The average molecular weight is 293 g/mol. The Morgan fingerprint density at radius 1 is 1.47 bits per heavy atom. The van der Waals surface area contributed by atoms with Gasteiger partial charge in [-0.05, 0) is 42.5 Å². The van der Waals surface area contributed by atoms with Crippen molar-refractivity contribution in [1.82, 2.24) is 0 Å². The minimum atomic E-state index is 0. The van der Waals surface area contributed by atoms with Gasteiger partial charge in [0.2, 0.25) is 0 Å². The van der Waals surface area contributed by atoms with Gasteiger partial charge in [0.1, 0.15) is 5.75 Å². The maximum absolute atomic E-state index is 6.14. The molecule has 0 saturated heterocycles. The summed E-state index contributed by atoms with van der Waals surface area (Å²) in [6.45, 7) is 0. The van der Waals surface area contributed by atoms with E-state index >= 15 is 0 Å². The molecular formula is C11H15BrClNO. The summed E-state index contributed by atoms with van der Waals surface area (Å²) in [4.78, 5) is 0. The number of hydrogen-bond donors (Lipinski definition) is 1. The molecule has 1 fully saturated rings. The quantitative estimate of drug-likeness (QED) is 0.928. The number of hydrogen-bond acceptors (Lipinski definition) is 2. The Kier molecular flexibility index (Phi) is 4.44. The summed E-state index contributed by atoms with van der Waals surface area (Å²) in [5, 5.41) is 0. The molecule has 1 aliphatic carbocycles. The highest BCUT2D eigenvalue weighted by molar-refractivity contribution is 9.10. The van der Waals surface area contributed by atoms with Gasteiger partial charge < -0.3 is 10.5 Å². The normalized spacial score (nSPS) is 16.7. The second kappa shape index (κ2) is 5.19. The average Bonchev–Trinajstić information content (AvgIpc) is 3.01. The van der Waals surface area contributed by atoms with E-state index in [0.29, 0.717) is 5.92 Å². The summed E-state index contributed by atoms with van der Waals surface area (Å²) in [5.74, 6) is 1.54. The largest absolute Gasteiger partial charge is 0.497 e. The van der Waals surface area contributed by atoms with Crippen molar-refractivity contribution in [2.45, 2.75) is 18.9 Å². The van der Waals surface area contributed by atoms with Crippen LogP contribution in [-0.4, -0.2) is 7.11 Å². The lowest BCUT2D eigenvalue weighted by Gasteiger charge is -2.13. The predicted octanol–water partition coefficient (Wildman–Crippen LogP) is 3.29. The number of rotatable bonds is 3. The van der Waals surface area contributed by atoms with Gasteiger partial charge in [0.05, 0.1) is 7.11 Å². The van der Waals surface area contributed by atoms with Crippen LogP contribution >= 0.6 is 28.3 Å². The molecule has 0 spiro atoms. The first-order valence-corrected chi connectivity index (χ1v) is 5.60. The molecule has 0 radical (unpaired) electrons. The molecule has 2 rings (SSSR count). The topological polar surface area (TPSA) is 35.2 Å². The molecule has 0 aromatic heterocycles. The lowest BCUT2D eigenvalue weighted by Crippen LogP contribution is -2.13. The highest BCUT2D eigenvalue weighted by atomic mass is 79.9. The Morgan fingerprint density at radius 2 is 2.13 bits per heavy atom. The summed E-state index contributed by atoms with van der Waals surface area (Å²) in [7, 11) is 1.68. The van der Waals surface area contributed by atoms with Crippen LogP contribution in [0.4, 0.5) is 0 Å². The van der Waals surface area contributed by atoms with Crippen LogP contribution in [0.3, 0.4) is 0 Å². The molecule has 0 unspecified atom stereocenters.